The maximum Gasteiger partial charge on any atom is 0.0593 e. The molecule has 0 aromatic carbocycles. The molecule has 1 saturated carbocycles. The fraction of sp³-hybridized carbons (Fsp3) is 1.00. The van der Waals surface area contributed by atoms with Crippen molar-refractivity contribution in [1.82, 2.24) is 4.90 Å². The monoisotopic (exact) mass is 257 g/mol. The minimum absolute atomic E-state index is 0.490. The van der Waals surface area contributed by atoms with Crippen LogP contribution in [0.2, 0.25) is 0 Å². The van der Waals surface area contributed by atoms with Gasteiger partial charge in [0.25, 0.3) is 0 Å². The molecule has 2 rings (SSSR count). The van der Waals surface area contributed by atoms with E-state index >= 15 is 0 Å². The first-order chi connectivity index (χ1) is 8.35. The van der Waals surface area contributed by atoms with Crippen molar-refractivity contribution in [3.63, 3.8) is 0 Å². The molecule has 0 bridgehead atoms. The van der Waals surface area contributed by atoms with Gasteiger partial charge in [-0.25, -0.2) is 0 Å². The third-order valence-electron chi connectivity index (χ3n) is 4.37. The fourth-order valence-electron chi connectivity index (χ4n) is 3.27. The summed E-state index contributed by atoms with van der Waals surface area (Å²) in [4.78, 5) is 2.62. The summed E-state index contributed by atoms with van der Waals surface area (Å²) in [6.07, 6.45) is 9.64. The van der Waals surface area contributed by atoms with Crippen molar-refractivity contribution in [3.05, 3.63) is 0 Å². The van der Waals surface area contributed by atoms with E-state index in [4.69, 9.17) is 4.74 Å². The van der Waals surface area contributed by atoms with E-state index in [-0.39, 0.29) is 0 Å². The van der Waals surface area contributed by atoms with E-state index in [1.807, 2.05) is 0 Å². The normalized spacial score (nSPS) is 27.4. The Morgan fingerprint density at radius 3 is 2.41 bits per heavy atom. The molecule has 2 nitrogen and oxygen atoms in total. The van der Waals surface area contributed by atoms with Gasteiger partial charge in [0.05, 0.1) is 6.61 Å². The summed E-state index contributed by atoms with van der Waals surface area (Å²) in [6.45, 7) is 5.46. The highest BCUT2D eigenvalue weighted by Gasteiger charge is 2.31. The molecular formula is C14H27NOS. The summed E-state index contributed by atoms with van der Waals surface area (Å²) in [5, 5.41) is 0. The van der Waals surface area contributed by atoms with Crippen LogP contribution in [-0.4, -0.2) is 43.5 Å². The molecular weight excluding hydrogens is 230 g/mol. The Hall–Kier alpha value is 0.270. The van der Waals surface area contributed by atoms with E-state index in [2.05, 4.69) is 17.5 Å². The summed E-state index contributed by atoms with van der Waals surface area (Å²) in [5.74, 6) is 1.06. The summed E-state index contributed by atoms with van der Waals surface area (Å²) >= 11 is 4.67. The molecule has 0 unspecified atom stereocenters. The van der Waals surface area contributed by atoms with E-state index in [0.29, 0.717) is 5.41 Å². The van der Waals surface area contributed by atoms with Crippen molar-refractivity contribution < 1.29 is 4.74 Å². The predicted octanol–water partition coefficient (Wildman–Crippen LogP) is 2.98. The zero-order chi connectivity index (χ0) is 12.0. The third-order valence-corrected chi connectivity index (χ3v) is 5.04. The lowest BCUT2D eigenvalue weighted by atomic mass is 9.81. The van der Waals surface area contributed by atoms with Crippen LogP contribution >= 0.6 is 12.6 Å². The van der Waals surface area contributed by atoms with E-state index < -0.39 is 0 Å². The van der Waals surface area contributed by atoms with Gasteiger partial charge in [-0.2, -0.15) is 12.6 Å². The van der Waals surface area contributed by atoms with Crippen LogP contribution in [0.3, 0.4) is 0 Å². The average Bonchev–Trinajstić information content (AvgIpc) is 2.73. The SMILES string of the molecule is SCC1(CN2CCCOCC2)CCCCCC1. The highest BCUT2D eigenvalue weighted by molar-refractivity contribution is 7.80. The lowest BCUT2D eigenvalue weighted by molar-refractivity contribution is 0.122. The minimum Gasteiger partial charge on any atom is -0.380 e. The Bertz CT molecular complexity index is 206. The second-order valence-electron chi connectivity index (χ2n) is 5.81. The number of rotatable bonds is 3. The van der Waals surface area contributed by atoms with Crippen LogP contribution in [0.25, 0.3) is 0 Å². The quantitative estimate of drug-likeness (QED) is 0.616. The largest absolute Gasteiger partial charge is 0.380 e. The Morgan fingerprint density at radius 1 is 0.941 bits per heavy atom. The number of ether oxygens (including phenoxy) is 1. The van der Waals surface area contributed by atoms with Crippen LogP contribution in [0.5, 0.6) is 0 Å². The molecule has 1 aliphatic heterocycles. The lowest BCUT2D eigenvalue weighted by Gasteiger charge is -2.36. The first kappa shape index (κ1) is 13.7. The van der Waals surface area contributed by atoms with Gasteiger partial charge in [-0.15, -0.1) is 0 Å². The van der Waals surface area contributed by atoms with Crippen molar-refractivity contribution in [2.45, 2.75) is 44.9 Å². The Balaban J connectivity index is 1.91. The van der Waals surface area contributed by atoms with Crippen LogP contribution in [-0.2, 0) is 4.74 Å². The van der Waals surface area contributed by atoms with Gasteiger partial charge in [-0.1, -0.05) is 25.7 Å². The zero-order valence-electron chi connectivity index (χ0n) is 11.0. The molecule has 1 saturated heterocycles. The van der Waals surface area contributed by atoms with Gasteiger partial charge >= 0.3 is 0 Å². The maximum atomic E-state index is 5.54. The Morgan fingerprint density at radius 2 is 1.71 bits per heavy atom. The summed E-state index contributed by atoms with van der Waals surface area (Å²) < 4.78 is 5.54. The van der Waals surface area contributed by atoms with Crippen LogP contribution in [0, 0.1) is 5.41 Å². The molecule has 0 N–H and O–H groups in total. The number of hydrogen-bond donors (Lipinski definition) is 1. The number of nitrogens with zero attached hydrogens (tertiary/aromatic N) is 1. The first-order valence-corrected chi connectivity index (χ1v) is 7.89. The highest BCUT2D eigenvalue weighted by atomic mass is 32.1. The smallest absolute Gasteiger partial charge is 0.0593 e. The Kier molecular flexibility index (Phi) is 5.64. The van der Waals surface area contributed by atoms with Crippen molar-refractivity contribution >= 4 is 12.6 Å². The van der Waals surface area contributed by atoms with Gasteiger partial charge in [-0.3, -0.25) is 0 Å². The topological polar surface area (TPSA) is 12.5 Å². The molecule has 2 fully saturated rings. The first-order valence-electron chi connectivity index (χ1n) is 7.26. The molecule has 1 heterocycles. The number of hydrogen-bond acceptors (Lipinski definition) is 3. The third kappa shape index (κ3) is 4.15. The van der Waals surface area contributed by atoms with Gasteiger partial charge in [0.15, 0.2) is 0 Å². The van der Waals surface area contributed by atoms with Crippen LogP contribution in [0.1, 0.15) is 44.9 Å². The number of thiol groups is 1. The van der Waals surface area contributed by atoms with Crippen LogP contribution < -0.4 is 0 Å². The highest BCUT2D eigenvalue weighted by Crippen LogP contribution is 2.37. The van der Waals surface area contributed by atoms with E-state index in [1.165, 1.54) is 58.0 Å². The van der Waals surface area contributed by atoms with Crippen LogP contribution in [0.4, 0.5) is 0 Å². The Labute approximate surface area is 112 Å². The standard InChI is InChI=1S/C14H27NOS/c17-13-14(6-3-1-2-4-7-14)12-15-8-5-10-16-11-9-15/h17H,1-13H2. The van der Waals surface area contributed by atoms with E-state index in [0.717, 1.165) is 25.5 Å². The second kappa shape index (κ2) is 7.01. The van der Waals surface area contributed by atoms with Crippen molar-refractivity contribution in [2.24, 2.45) is 5.41 Å². The molecule has 0 radical (unpaired) electrons. The molecule has 2 aliphatic rings. The molecule has 1 aliphatic carbocycles. The van der Waals surface area contributed by atoms with Crippen molar-refractivity contribution in [2.75, 3.05) is 38.6 Å². The summed E-state index contributed by atoms with van der Waals surface area (Å²) in [7, 11) is 0. The van der Waals surface area contributed by atoms with Gasteiger partial charge in [0, 0.05) is 26.2 Å². The van der Waals surface area contributed by atoms with Gasteiger partial charge < -0.3 is 9.64 Å². The summed E-state index contributed by atoms with van der Waals surface area (Å²) in [5.41, 5.74) is 0.490. The molecule has 0 aromatic heterocycles. The molecule has 3 heteroatoms. The maximum absolute atomic E-state index is 5.54. The van der Waals surface area contributed by atoms with Gasteiger partial charge in [0.2, 0.25) is 0 Å². The minimum atomic E-state index is 0.490. The fourth-order valence-corrected chi connectivity index (χ4v) is 3.69. The molecule has 0 amide bonds. The molecule has 17 heavy (non-hydrogen) atoms. The molecule has 0 spiro atoms. The summed E-state index contributed by atoms with van der Waals surface area (Å²) in [6, 6.07) is 0. The van der Waals surface area contributed by atoms with E-state index in [1.54, 1.807) is 0 Å². The van der Waals surface area contributed by atoms with Crippen LogP contribution in [0.15, 0.2) is 0 Å². The lowest BCUT2D eigenvalue weighted by Crippen LogP contribution is -2.40. The average molecular weight is 257 g/mol. The van der Waals surface area contributed by atoms with Gasteiger partial charge in [0.1, 0.15) is 0 Å². The predicted molar refractivity (Wildman–Crippen MR) is 75.9 cm³/mol. The molecule has 100 valence electrons. The zero-order valence-corrected chi connectivity index (χ0v) is 11.9. The second-order valence-corrected chi connectivity index (χ2v) is 6.13. The van der Waals surface area contributed by atoms with E-state index in [9.17, 15) is 0 Å². The van der Waals surface area contributed by atoms with Crippen molar-refractivity contribution in [1.29, 1.82) is 0 Å². The molecule has 0 atom stereocenters. The molecule has 0 aromatic rings. The van der Waals surface area contributed by atoms with Crippen molar-refractivity contribution in [3.8, 4) is 0 Å². The van der Waals surface area contributed by atoms with Gasteiger partial charge in [-0.05, 0) is 30.4 Å².